The van der Waals surface area contributed by atoms with Crippen molar-refractivity contribution in [3.8, 4) is 0 Å². The van der Waals surface area contributed by atoms with Gasteiger partial charge in [0.2, 0.25) is 5.91 Å². The molecule has 0 aliphatic carbocycles. The van der Waals surface area contributed by atoms with E-state index < -0.39 is 9.84 Å². The SMILES string of the molecule is Cc1ccc(S(C)(=O)=O)cc1NC(=O)CCn1cnc2sccc2c1=O. The van der Waals surface area contributed by atoms with Gasteiger partial charge in [-0.05, 0) is 36.1 Å². The summed E-state index contributed by atoms with van der Waals surface area (Å²) in [6.45, 7) is 1.97. The van der Waals surface area contributed by atoms with Crippen molar-refractivity contribution in [2.24, 2.45) is 0 Å². The number of nitrogens with one attached hydrogen (secondary N) is 1. The van der Waals surface area contributed by atoms with Crippen LogP contribution in [0.5, 0.6) is 0 Å². The number of benzene rings is 1. The second-order valence-corrected chi connectivity index (χ2v) is 8.84. The number of thiophene rings is 1. The summed E-state index contributed by atoms with van der Waals surface area (Å²) in [5, 5.41) is 5.04. The summed E-state index contributed by atoms with van der Waals surface area (Å²) in [5.41, 5.74) is 1.01. The molecule has 1 N–H and O–H groups in total. The Kier molecular flexibility index (Phi) is 4.92. The molecule has 1 amide bonds. The van der Waals surface area contributed by atoms with Gasteiger partial charge in [0.1, 0.15) is 4.83 Å². The molecular weight excluding hydrogens is 374 g/mol. The van der Waals surface area contributed by atoms with Gasteiger partial charge >= 0.3 is 0 Å². The molecule has 0 aliphatic rings. The Morgan fingerprint density at radius 2 is 2.08 bits per heavy atom. The van der Waals surface area contributed by atoms with E-state index in [4.69, 9.17) is 0 Å². The van der Waals surface area contributed by atoms with Crippen LogP contribution in [0.25, 0.3) is 10.2 Å². The van der Waals surface area contributed by atoms with Crippen molar-refractivity contribution in [1.82, 2.24) is 9.55 Å². The Morgan fingerprint density at radius 3 is 2.81 bits per heavy atom. The number of sulfone groups is 1. The molecule has 26 heavy (non-hydrogen) atoms. The van der Waals surface area contributed by atoms with Crippen LogP contribution >= 0.6 is 11.3 Å². The normalized spacial score (nSPS) is 11.6. The molecule has 2 aromatic heterocycles. The van der Waals surface area contributed by atoms with Crippen LogP contribution in [0.2, 0.25) is 0 Å². The van der Waals surface area contributed by atoms with E-state index in [1.54, 1.807) is 24.4 Å². The van der Waals surface area contributed by atoms with Crippen molar-refractivity contribution >= 4 is 43.0 Å². The first-order chi connectivity index (χ1) is 12.3. The van der Waals surface area contributed by atoms with Gasteiger partial charge in [-0.3, -0.25) is 14.2 Å². The lowest BCUT2D eigenvalue weighted by Crippen LogP contribution is -2.23. The minimum absolute atomic E-state index is 0.0692. The molecular formula is C17H17N3O4S2. The van der Waals surface area contributed by atoms with Gasteiger partial charge in [-0.2, -0.15) is 0 Å². The van der Waals surface area contributed by atoms with Gasteiger partial charge in [0.15, 0.2) is 9.84 Å². The standard InChI is InChI=1S/C17H17N3O4S2/c1-11-3-4-12(26(2,23)24)9-14(11)19-15(21)5-7-20-10-18-16-13(17(20)22)6-8-25-16/h3-4,6,8-10H,5,7H2,1-2H3,(H,19,21). The minimum atomic E-state index is -3.36. The largest absolute Gasteiger partial charge is 0.326 e. The quantitative estimate of drug-likeness (QED) is 0.719. The predicted octanol–water partition coefficient (Wildman–Crippen LogP) is 2.20. The van der Waals surface area contributed by atoms with Gasteiger partial charge in [-0.15, -0.1) is 11.3 Å². The molecule has 7 nitrogen and oxygen atoms in total. The molecule has 0 saturated heterocycles. The highest BCUT2D eigenvalue weighted by Crippen LogP contribution is 2.20. The summed E-state index contributed by atoms with van der Waals surface area (Å²) >= 11 is 1.39. The number of anilines is 1. The van der Waals surface area contributed by atoms with Crippen LogP contribution < -0.4 is 10.9 Å². The Labute approximate surface area is 154 Å². The molecule has 0 bridgehead atoms. The maximum Gasteiger partial charge on any atom is 0.262 e. The van der Waals surface area contributed by atoms with E-state index in [1.165, 1.54) is 34.4 Å². The molecule has 0 fully saturated rings. The fourth-order valence-electron chi connectivity index (χ4n) is 2.45. The van der Waals surface area contributed by atoms with Gasteiger partial charge in [0.25, 0.3) is 5.56 Å². The molecule has 3 rings (SSSR count). The molecule has 2 heterocycles. The van der Waals surface area contributed by atoms with Gasteiger partial charge in [0.05, 0.1) is 16.6 Å². The summed E-state index contributed by atoms with van der Waals surface area (Å²) in [5.74, 6) is -0.309. The predicted molar refractivity (Wildman–Crippen MR) is 101 cm³/mol. The maximum absolute atomic E-state index is 12.3. The van der Waals surface area contributed by atoms with Gasteiger partial charge < -0.3 is 5.32 Å². The molecule has 0 unspecified atom stereocenters. The van der Waals surface area contributed by atoms with Crippen LogP contribution in [0.4, 0.5) is 5.69 Å². The van der Waals surface area contributed by atoms with Gasteiger partial charge in [0, 0.05) is 24.9 Å². The number of carbonyl (C=O) groups is 1. The fraction of sp³-hybridized carbons (Fsp3) is 0.235. The second kappa shape index (κ2) is 7.00. The number of nitrogens with zero attached hydrogens (tertiary/aromatic N) is 2. The van der Waals surface area contributed by atoms with E-state index in [2.05, 4.69) is 10.3 Å². The molecule has 3 aromatic rings. The number of hydrogen-bond acceptors (Lipinski definition) is 6. The van der Waals surface area contributed by atoms with Crippen molar-refractivity contribution in [2.45, 2.75) is 24.8 Å². The number of fused-ring (bicyclic) bond motifs is 1. The first kappa shape index (κ1) is 18.3. The zero-order chi connectivity index (χ0) is 18.9. The van der Waals surface area contributed by atoms with Crippen LogP contribution in [0.1, 0.15) is 12.0 Å². The molecule has 0 atom stereocenters. The molecule has 1 aromatic carbocycles. The van der Waals surface area contributed by atoms with E-state index >= 15 is 0 Å². The van der Waals surface area contributed by atoms with Crippen LogP contribution in [0.3, 0.4) is 0 Å². The van der Waals surface area contributed by atoms with E-state index in [0.29, 0.717) is 15.9 Å². The molecule has 0 aliphatic heterocycles. The van der Waals surface area contributed by atoms with Crippen LogP contribution in [0.15, 0.2) is 45.7 Å². The lowest BCUT2D eigenvalue weighted by molar-refractivity contribution is -0.116. The van der Waals surface area contributed by atoms with Gasteiger partial charge in [-0.1, -0.05) is 6.07 Å². The Morgan fingerprint density at radius 1 is 1.31 bits per heavy atom. The lowest BCUT2D eigenvalue weighted by atomic mass is 10.2. The highest BCUT2D eigenvalue weighted by molar-refractivity contribution is 7.90. The summed E-state index contributed by atoms with van der Waals surface area (Å²) < 4.78 is 24.7. The van der Waals surface area contributed by atoms with E-state index in [-0.39, 0.29) is 29.3 Å². The zero-order valence-corrected chi connectivity index (χ0v) is 15.9. The molecule has 9 heteroatoms. The topological polar surface area (TPSA) is 98.1 Å². The Balaban J connectivity index is 1.73. The van der Waals surface area contributed by atoms with Crippen molar-refractivity contribution in [3.05, 3.63) is 51.9 Å². The highest BCUT2D eigenvalue weighted by Gasteiger charge is 2.12. The Bertz CT molecular complexity index is 1150. The summed E-state index contributed by atoms with van der Waals surface area (Å²) in [7, 11) is -3.36. The molecule has 0 radical (unpaired) electrons. The van der Waals surface area contributed by atoms with E-state index in [9.17, 15) is 18.0 Å². The number of aryl methyl sites for hydroxylation is 2. The molecule has 136 valence electrons. The van der Waals surface area contributed by atoms with Crippen LogP contribution in [-0.2, 0) is 21.2 Å². The average molecular weight is 391 g/mol. The van der Waals surface area contributed by atoms with Crippen LogP contribution in [0, 0.1) is 6.92 Å². The molecule has 0 saturated carbocycles. The summed E-state index contributed by atoms with van der Waals surface area (Å²) in [6.07, 6.45) is 2.62. The monoisotopic (exact) mass is 391 g/mol. The third kappa shape index (κ3) is 3.83. The number of amides is 1. The highest BCUT2D eigenvalue weighted by atomic mass is 32.2. The maximum atomic E-state index is 12.3. The first-order valence-corrected chi connectivity index (χ1v) is 10.6. The lowest BCUT2D eigenvalue weighted by Gasteiger charge is -2.11. The Hall–Kier alpha value is -2.52. The summed E-state index contributed by atoms with van der Waals surface area (Å²) in [4.78, 5) is 29.5. The number of hydrogen-bond donors (Lipinski definition) is 1. The van der Waals surface area contributed by atoms with Crippen molar-refractivity contribution in [3.63, 3.8) is 0 Å². The third-order valence-electron chi connectivity index (χ3n) is 3.94. The second-order valence-electron chi connectivity index (χ2n) is 5.93. The van der Waals surface area contributed by atoms with Crippen molar-refractivity contribution < 1.29 is 13.2 Å². The van der Waals surface area contributed by atoms with E-state index in [1.807, 2.05) is 0 Å². The third-order valence-corrected chi connectivity index (χ3v) is 5.87. The smallest absolute Gasteiger partial charge is 0.262 e. The number of aromatic nitrogens is 2. The van der Waals surface area contributed by atoms with Gasteiger partial charge in [-0.25, -0.2) is 13.4 Å². The average Bonchev–Trinajstić information content (AvgIpc) is 3.05. The minimum Gasteiger partial charge on any atom is -0.326 e. The fourth-order valence-corrected chi connectivity index (χ4v) is 3.82. The summed E-state index contributed by atoms with van der Waals surface area (Å²) in [6, 6.07) is 6.30. The number of rotatable bonds is 5. The van der Waals surface area contributed by atoms with Crippen molar-refractivity contribution in [1.29, 1.82) is 0 Å². The van der Waals surface area contributed by atoms with E-state index in [0.717, 1.165) is 11.8 Å². The first-order valence-electron chi connectivity index (χ1n) is 7.79. The zero-order valence-electron chi connectivity index (χ0n) is 14.2. The van der Waals surface area contributed by atoms with Crippen LogP contribution in [-0.4, -0.2) is 30.1 Å². The van der Waals surface area contributed by atoms with Crippen molar-refractivity contribution in [2.75, 3.05) is 11.6 Å². The molecule has 0 spiro atoms. The number of carbonyl (C=O) groups excluding carboxylic acids is 1.